The van der Waals surface area contributed by atoms with Crippen LogP contribution in [0.1, 0.15) is 32.6 Å². The maximum atomic E-state index is 13.0. The number of amides is 1. The number of hydrazine groups is 1. The number of carbonyl (C=O) groups is 2. The average molecular weight is 504 g/mol. The van der Waals surface area contributed by atoms with Gasteiger partial charge in [-0.1, -0.05) is 43.3 Å². The highest BCUT2D eigenvalue weighted by molar-refractivity contribution is 8.28. The van der Waals surface area contributed by atoms with E-state index in [1.807, 2.05) is 59.8 Å². The van der Waals surface area contributed by atoms with Gasteiger partial charge in [-0.25, -0.2) is 14.9 Å². The molecule has 0 saturated heterocycles. The van der Waals surface area contributed by atoms with E-state index >= 15 is 0 Å². The molecule has 0 radical (unpaired) electrons. The number of tetrazole rings is 1. The summed E-state index contributed by atoms with van der Waals surface area (Å²) >= 11 is 0. The fraction of sp³-hybridized carbons (Fsp3) is 0.240. The van der Waals surface area contributed by atoms with Crippen LogP contribution in [0.25, 0.3) is 22.5 Å². The average Bonchev–Trinajstić information content (AvgIpc) is 3.66. The molecule has 10 nitrogen and oxygen atoms in total. The number of anilines is 1. The zero-order chi connectivity index (χ0) is 25.2. The summed E-state index contributed by atoms with van der Waals surface area (Å²) in [4.78, 5) is 30.1. The quantitative estimate of drug-likeness (QED) is 0.433. The van der Waals surface area contributed by atoms with Gasteiger partial charge in [-0.15, -0.1) is 15.6 Å². The molecule has 1 aromatic heterocycles. The number of nitrogens with one attached hydrogen (secondary N) is 2. The first kappa shape index (κ1) is 23.8. The van der Waals surface area contributed by atoms with Crippen LogP contribution in [0.3, 0.4) is 0 Å². The molecule has 0 bridgehead atoms. The van der Waals surface area contributed by atoms with Crippen molar-refractivity contribution in [3.63, 3.8) is 0 Å². The Labute approximate surface area is 210 Å². The van der Waals surface area contributed by atoms with Gasteiger partial charge in [-0.2, -0.15) is 10.4 Å². The zero-order valence-corrected chi connectivity index (χ0v) is 20.7. The lowest BCUT2D eigenvalue weighted by atomic mass is 9.99. The van der Waals surface area contributed by atoms with Crippen LogP contribution in [-0.4, -0.2) is 54.0 Å². The second-order valence-corrected chi connectivity index (χ2v) is 10.3. The van der Waals surface area contributed by atoms with Crippen LogP contribution in [0.5, 0.6) is 0 Å². The molecule has 3 aromatic rings. The number of aromatic amines is 1. The highest BCUT2D eigenvalue weighted by atomic mass is 32.2. The number of aliphatic imine (C=N–C) groups is 1. The molecule has 36 heavy (non-hydrogen) atoms. The lowest BCUT2D eigenvalue weighted by Crippen LogP contribution is -2.39. The summed E-state index contributed by atoms with van der Waals surface area (Å²) in [5.41, 5.74) is 7.56. The molecule has 1 aliphatic carbocycles. The number of carbonyl (C=O) groups excluding carboxylic acids is 1. The van der Waals surface area contributed by atoms with E-state index in [0.717, 1.165) is 33.8 Å². The smallest absolute Gasteiger partial charge is 0.332 e. The summed E-state index contributed by atoms with van der Waals surface area (Å²) in [5, 5.41) is 26.1. The van der Waals surface area contributed by atoms with Crippen molar-refractivity contribution in [2.24, 2.45) is 4.99 Å². The maximum absolute atomic E-state index is 13.0. The predicted molar refractivity (Wildman–Crippen MR) is 140 cm³/mol. The number of aliphatic carboxylic acids is 1. The largest absolute Gasteiger partial charge is 0.478 e. The SMILES string of the molecule is CCC1=S(C)C(=NC(=O)C2=C(C(=O)O)CCC2)N(c2ccc(-c3ccccc3-c3nnn[nH]3)cc2)N1. The van der Waals surface area contributed by atoms with Crippen LogP contribution in [-0.2, 0) is 9.59 Å². The Morgan fingerprint density at radius 2 is 1.81 bits per heavy atom. The molecule has 0 saturated carbocycles. The van der Waals surface area contributed by atoms with Gasteiger partial charge in [0.05, 0.1) is 5.69 Å². The molecule has 1 unspecified atom stereocenters. The van der Waals surface area contributed by atoms with Crippen molar-refractivity contribution in [2.75, 3.05) is 11.3 Å². The lowest BCUT2D eigenvalue weighted by Gasteiger charge is -2.20. The molecule has 1 atom stereocenters. The van der Waals surface area contributed by atoms with E-state index in [4.69, 9.17) is 0 Å². The Hall–Kier alpha value is -3.96. The van der Waals surface area contributed by atoms with E-state index in [2.05, 4.69) is 38.0 Å². The van der Waals surface area contributed by atoms with E-state index in [1.165, 1.54) is 0 Å². The Bertz CT molecular complexity index is 1430. The minimum absolute atomic E-state index is 0.183. The van der Waals surface area contributed by atoms with E-state index in [1.54, 1.807) is 0 Å². The molecule has 0 spiro atoms. The van der Waals surface area contributed by atoms with Crippen molar-refractivity contribution < 1.29 is 14.7 Å². The summed E-state index contributed by atoms with van der Waals surface area (Å²) < 4.78 is 0. The van der Waals surface area contributed by atoms with Gasteiger partial charge in [0.1, 0.15) is 0 Å². The van der Waals surface area contributed by atoms with Gasteiger partial charge in [0, 0.05) is 21.7 Å². The van der Waals surface area contributed by atoms with E-state index in [9.17, 15) is 14.7 Å². The van der Waals surface area contributed by atoms with Crippen molar-refractivity contribution in [3.8, 4) is 22.5 Å². The van der Waals surface area contributed by atoms with E-state index in [-0.39, 0.29) is 5.57 Å². The van der Waals surface area contributed by atoms with Crippen molar-refractivity contribution in [3.05, 3.63) is 59.7 Å². The zero-order valence-electron chi connectivity index (χ0n) is 19.9. The molecular weight excluding hydrogens is 478 g/mol. The summed E-state index contributed by atoms with van der Waals surface area (Å²) in [6, 6.07) is 15.8. The second-order valence-electron chi connectivity index (χ2n) is 8.39. The van der Waals surface area contributed by atoms with E-state index < -0.39 is 22.4 Å². The minimum atomic E-state index is -1.04. The highest BCUT2D eigenvalue weighted by Gasteiger charge is 2.30. The topological polar surface area (TPSA) is 136 Å². The van der Waals surface area contributed by atoms with Gasteiger partial charge in [0.25, 0.3) is 5.91 Å². The number of hydrogen-bond donors (Lipinski definition) is 3. The van der Waals surface area contributed by atoms with Gasteiger partial charge in [-0.3, -0.25) is 4.79 Å². The van der Waals surface area contributed by atoms with Gasteiger partial charge >= 0.3 is 5.97 Å². The number of nitrogens with zero attached hydrogens (tertiary/aromatic N) is 5. The van der Waals surface area contributed by atoms with Crippen LogP contribution in [0.2, 0.25) is 0 Å². The van der Waals surface area contributed by atoms with Crippen LogP contribution in [0.4, 0.5) is 5.69 Å². The number of aromatic nitrogens is 4. The molecule has 0 fully saturated rings. The Morgan fingerprint density at radius 3 is 2.47 bits per heavy atom. The molecule has 1 aliphatic heterocycles. The number of carboxylic acid groups (broad SMARTS) is 1. The van der Waals surface area contributed by atoms with E-state index in [0.29, 0.717) is 35.8 Å². The van der Waals surface area contributed by atoms with Gasteiger partial charge in [-0.05, 0) is 65.6 Å². The summed E-state index contributed by atoms with van der Waals surface area (Å²) in [5.74, 6) is -0.914. The Morgan fingerprint density at radius 1 is 1.08 bits per heavy atom. The molecule has 3 N–H and O–H groups in total. The molecule has 11 heteroatoms. The fourth-order valence-corrected chi connectivity index (χ4v) is 5.98. The molecule has 184 valence electrons. The minimum Gasteiger partial charge on any atom is -0.478 e. The first-order valence-corrected chi connectivity index (χ1v) is 13.2. The summed E-state index contributed by atoms with van der Waals surface area (Å²) in [6.07, 6.45) is 4.31. The first-order valence-electron chi connectivity index (χ1n) is 11.6. The maximum Gasteiger partial charge on any atom is 0.332 e. The standard InChI is InChI=1S/C25H25N7O3S/c1-3-21-29-32(25(36(21)2)26-23(33)19-9-6-10-20(19)24(34)35)16-13-11-15(12-14-16)17-7-4-5-8-18(17)22-27-30-31-28-22/h4-5,7-8,11-14,29H,3,6,9-10H2,1-2H3,(H,34,35)(H,27,28,30,31). The van der Waals surface area contributed by atoms with Gasteiger partial charge < -0.3 is 5.11 Å². The third-order valence-electron chi connectivity index (χ3n) is 6.29. The first-order chi connectivity index (χ1) is 17.5. The van der Waals surface area contributed by atoms with Crippen molar-refractivity contribution in [1.82, 2.24) is 26.0 Å². The normalized spacial score (nSPS) is 18.9. The molecule has 5 rings (SSSR count). The number of rotatable bonds is 6. The number of benzene rings is 2. The van der Waals surface area contributed by atoms with Crippen LogP contribution in [0.15, 0.2) is 64.7 Å². The predicted octanol–water partition coefficient (Wildman–Crippen LogP) is 3.74. The monoisotopic (exact) mass is 503 g/mol. The number of amidine groups is 1. The Kier molecular flexibility index (Phi) is 6.57. The summed E-state index contributed by atoms with van der Waals surface area (Å²) in [6.45, 7) is 2.05. The number of H-pyrrole nitrogens is 1. The lowest BCUT2D eigenvalue weighted by molar-refractivity contribution is -0.133. The molecule has 2 aliphatic rings. The van der Waals surface area contributed by atoms with Gasteiger partial charge in [0.2, 0.25) is 0 Å². The third-order valence-corrected chi connectivity index (χ3v) is 8.23. The Balaban J connectivity index is 1.48. The summed E-state index contributed by atoms with van der Waals surface area (Å²) in [7, 11) is -0.423. The number of carboxylic acids is 1. The molecular formula is C25H25N7O3S. The fourth-order valence-electron chi connectivity index (χ4n) is 4.45. The second kappa shape index (κ2) is 9.96. The van der Waals surface area contributed by atoms with Crippen molar-refractivity contribution >= 4 is 38.2 Å². The van der Waals surface area contributed by atoms with Crippen molar-refractivity contribution in [2.45, 2.75) is 32.6 Å². The molecule has 1 amide bonds. The van der Waals surface area contributed by atoms with Crippen LogP contribution in [0, 0.1) is 0 Å². The molecule has 2 heterocycles. The highest BCUT2D eigenvalue weighted by Crippen LogP contribution is 2.34. The molecule has 2 aromatic carbocycles. The van der Waals surface area contributed by atoms with Crippen LogP contribution >= 0.6 is 10.5 Å². The van der Waals surface area contributed by atoms with Crippen LogP contribution < -0.4 is 10.4 Å². The third kappa shape index (κ3) is 4.38. The number of hydrogen-bond acceptors (Lipinski definition) is 6. The van der Waals surface area contributed by atoms with Crippen molar-refractivity contribution in [1.29, 1.82) is 0 Å². The van der Waals surface area contributed by atoms with Gasteiger partial charge in [0.15, 0.2) is 11.0 Å².